The number of aromatic carboxylic acids is 1. The molecule has 3 rings (SSSR count). The average Bonchev–Trinajstić information content (AvgIpc) is 3.09. The Labute approximate surface area is 164 Å². The third kappa shape index (κ3) is 3.60. The predicted octanol–water partition coefficient (Wildman–Crippen LogP) is 5.70. The molecule has 0 saturated carbocycles. The minimum atomic E-state index is -1.08. The summed E-state index contributed by atoms with van der Waals surface area (Å²) < 4.78 is 0. The van der Waals surface area contributed by atoms with Crippen LogP contribution in [0, 0.1) is 0 Å². The zero-order valence-corrected chi connectivity index (χ0v) is 15.9. The fraction of sp³-hybridized carbons (Fsp3) is 0.0526. The molecule has 0 bridgehead atoms. The molecular weight excluding hydrogens is 393 g/mol. The fourth-order valence-corrected chi connectivity index (χ4v) is 3.79. The Kier molecular flexibility index (Phi) is 5.32. The highest BCUT2D eigenvalue weighted by atomic mass is 35.5. The van der Waals surface area contributed by atoms with Gasteiger partial charge in [0.15, 0.2) is 0 Å². The number of anilines is 1. The molecule has 4 nitrogen and oxygen atoms in total. The van der Waals surface area contributed by atoms with E-state index in [-0.39, 0.29) is 15.8 Å². The molecule has 3 aromatic rings. The second-order valence-corrected chi connectivity index (χ2v) is 7.36. The molecule has 132 valence electrons. The number of nitrogens with zero attached hydrogens (tertiary/aromatic N) is 1. The van der Waals surface area contributed by atoms with Gasteiger partial charge in [0.05, 0.1) is 15.7 Å². The highest BCUT2D eigenvalue weighted by molar-refractivity contribution is 7.18. The molecule has 0 aliphatic rings. The van der Waals surface area contributed by atoms with Gasteiger partial charge in [0.2, 0.25) is 0 Å². The van der Waals surface area contributed by atoms with Crippen molar-refractivity contribution in [1.29, 1.82) is 0 Å². The van der Waals surface area contributed by atoms with Crippen molar-refractivity contribution in [1.82, 2.24) is 0 Å². The second kappa shape index (κ2) is 7.50. The largest absolute Gasteiger partial charge is 0.477 e. The molecule has 0 aliphatic carbocycles. The molecule has 26 heavy (non-hydrogen) atoms. The molecule has 0 aliphatic heterocycles. The van der Waals surface area contributed by atoms with Crippen molar-refractivity contribution in [2.45, 2.75) is 0 Å². The maximum atomic E-state index is 12.8. The molecular formula is C19H13Cl2NO3S. The minimum absolute atomic E-state index is 0.0970. The summed E-state index contributed by atoms with van der Waals surface area (Å²) in [5.41, 5.74) is 1.55. The molecule has 1 N–H and O–H groups in total. The van der Waals surface area contributed by atoms with Crippen LogP contribution in [0.15, 0.2) is 54.6 Å². The number of hydrogen-bond acceptors (Lipinski definition) is 3. The van der Waals surface area contributed by atoms with Gasteiger partial charge in [-0.05, 0) is 29.8 Å². The van der Waals surface area contributed by atoms with Crippen molar-refractivity contribution < 1.29 is 14.7 Å². The van der Waals surface area contributed by atoms with Crippen LogP contribution in [0.1, 0.15) is 20.0 Å². The predicted molar refractivity (Wildman–Crippen MR) is 106 cm³/mol. The van der Waals surface area contributed by atoms with Crippen molar-refractivity contribution in [3.8, 4) is 10.4 Å². The van der Waals surface area contributed by atoms with Crippen LogP contribution >= 0.6 is 34.5 Å². The second-order valence-electron chi connectivity index (χ2n) is 5.49. The molecule has 7 heteroatoms. The van der Waals surface area contributed by atoms with Gasteiger partial charge in [0, 0.05) is 17.5 Å². The molecule has 2 aromatic carbocycles. The van der Waals surface area contributed by atoms with Gasteiger partial charge in [-0.1, -0.05) is 53.5 Å². The molecule has 0 radical (unpaired) electrons. The summed E-state index contributed by atoms with van der Waals surface area (Å²) in [6, 6.07) is 15.7. The zero-order valence-electron chi connectivity index (χ0n) is 13.6. The van der Waals surface area contributed by atoms with Crippen molar-refractivity contribution in [2.24, 2.45) is 0 Å². The van der Waals surface area contributed by atoms with Crippen LogP contribution in [-0.2, 0) is 0 Å². The van der Waals surface area contributed by atoms with Crippen LogP contribution in [0.3, 0.4) is 0 Å². The van der Waals surface area contributed by atoms with Crippen molar-refractivity contribution >= 4 is 52.1 Å². The molecule has 0 unspecified atom stereocenters. The SMILES string of the molecule is CN(C(=O)c1ccc(Cl)c(Cl)c1)c1cc(-c2ccccc2)sc1C(=O)O. The van der Waals surface area contributed by atoms with E-state index >= 15 is 0 Å². The average molecular weight is 406 g/mol. The summed E-state index contributed by atoms with van der Waals surface area (Å²) in [7, 11) is 1.54. The molecule has 1 amide bonds. The van der Waals surface area contributed by atoms with E-state index in [1.165, 1.54) is 24.1 Å². The third-order valence-corrected chi connectivity index (χ3v) is 5.70. The van der Waals surface area contributed by atoms with E-state index in [1.54, 1.807) is 12.1 Å². The summed E-state index contributed by atoms with van der Waals surface area (Å²) in [6.07, 6.45) is 0. The standard InChI is InChI=1S/C19H13Cl2NO3S/c1-22(18(23)12-7-8-13(20)14(21)9-12)15-10-16(26-17(15)19(24)25)11-5-3-2-4-6-11/h2-10H,1H3,(H,24,25). The first-order valence-corrected chi connectivity index (χ1v) is 9.11. The van der Waals surface area contributed by atoms with Crippen LogP contribution in [-0.4, -0.2) is 24.0 Å². The van der Waals surface area contributed by atoms with Gasteiger partial charge in [-0.3, -0.25) is 4.79 Å². The first kappa shape index (κ1) is 18.5. The number of carbonyl (C=O) groups is 2. The maximum Gasteiger partial charge on any atom is 0.348 e. The number of rotatable bonds is 4. The Hall–Kier alpha value is -2.34. The highest BCUT2D eigenvalue weighted by Gasteiger charge is 2.23. The van der Waals surface area contributed by atoms with Crippen molar-refractivity contribution in [3.05, 3.63) is 75.1 Å². The summed E-state index contributed by atoms with van der Waals surface area (Å²) >= 11 is 13.0. The number of carboxylic acids is 1. The monoisotopic (exact) mass is 405 g/mol. The van der Waals surface area contributed by atoms with E-state index in [0.717, 1.165) is 21.8 Å². The zero-order chi connectivity index (χ0) is 18.8. The Morgan fingerprint density at radius 1 is 1.00 bits per heavy atom. The number of carboxylic acid groups (broad SMARTS) is 1. The third-order valence-electron chi connectivity index (χ3n) is 3.80. The Morgan fingerprint density at radius 2 is 1.69 bits per heavy atom. The van der Waals surface area contributed by atoms with Gasteiger partial charge in [-0.25, -0.2) is 4.79 Å². The van der Waals surface area contributed by atoms with E-state index in [9.17, 15) is 14.7 Å². The summed E-state index contributed by atoms with van der Waals surface area (Å²) in [5.74, 6) is -1.45. The number of halogens is 2. The van der Waals surface area contributed by atoms with Gasteiger partial charge in [-0.2, -0.15) is 0 Å². The number of amides is 1. The van der Waals surface area contributed by atoms with Crippen molar-refractivity contribution in [2.75, 3.05) is 11.9 Å². The van der Waals surface area contributed by atoms with Gasteiger partial charge in [-0.15, -0.1) is 11.3 Å². The molecule has 1 heterocycles. The van der Waals surface area contributed by atoms with E-state index in [4.69, 9.17) is 23.2 Å². The topological polar surface area (TPSA) is 57.6 Å². The van der Waals surface area contributed by atoms with Gasteiger partial charge < -0.3 is 10.0 Å². The van der Waals surface area contributed by atoms with Crippen LogP contribution in [0.4, 0.5) is 5.69 Å². The van der Waals surface area contributed by atoms with E-state index < -0.39 is 5.97 Å². The van der Waals surface area contributed by atoms with Gasteiger partial charge in [0.1, 0.15) is 4.88 Å². The van der Waals surface area contributed by atoms with Crippen LogP contribution in [0.5, 0.6) is 0 Å². The Balaban J connectivity index is 2.01. The summed E-state index contributed by atoms with van der Waals surface area (Å²) in [6.45, 7) is 0. The normalized spacial score (nSPS) is 10.6. The van der Waals surface area contributed by atoms with Crippen LogP contribution in [0.2, 0.25) is 10.0 Å². The van der Waals surface area contributed by atoms with E-state index in [1.807, 2.05) is 30.3 Å². The number of benzene rings is 2. The number of thiophene rings is 1. The van der Waals surface area contributed by atoms with Gasteiger partial charge >= 0.3 is 5.97 Å². The van der Waals surface area contributed by atoms with Crippen LogP contribution < -0.4 is 4.90 Å². The smallest absolute Gasteiger partial charge is 0.348 e. The Bertz CT molecular complexity index is 986. The minimum Gasteiger partial charge on any atom is -0.477 e. The van der Waals surface area contributed by atoms with Gasteiger partial charge in [0.25, 0.3) is 5.91 Å². The lowest BCUT2D eigenvalue weighted by molar-refractivity contribution is 0.0703. The summed E-state index contributed by atoms with van der Waals surface area (Å²) in [5, 5.41) is 10.2. The first-order valence-electron chi connectivity index (χ1n) is 7.54. The number of carbonyl (C=O) groups excluding carboxylic acids is 1. The molecule has 0 fully saturated rings. The maximum absolute atomic E-state index is 12.8. The highest BCUT2D eigenvalue weighted by Crippen LogP contribution is 2.37. The first-order chi connectivity index (χ1) is 12.4. The van der Waals surface area contributed by atoms with Crippen LogP contribution in [0.25, 0.3) is 10.4 Å². The molecule has 0 spiro atoms. The lowest BCUT2D eigenvalue weighted by Gasteiger charge is -2.17. The lowest BCUT2D eigenvalue weighted by atomic mass is 10.1. The lowest BCUT2D eigenvalue weighted by Crippen LogP contribution is -2.27. The van der Waals surface area contributed by atoms with E-state index in [2.05, 4.69) is 0 Å². The fourth-order valence-electron chi connectivity index (χ4n) is 2.46. The molecule has 0 saturated heterocycles. The number of hydrogen-bond donors (Lipinski definition) is 1. The van der Waals surface area contributed by atoms with Crippen molar-refractivity contribution in [3.63, 3.8) is 0 Å². The Morgan fingerprint density at radius 3 is 2.31 bits per heavy atom. The molecule has 1 aromatic heterocycles. The molecule has 0 atom stereocenters. The van der Waals surface area contributed by atoms with E-state index in [0.29, 0.717) is 16.3 Å². The summed E-state index contributed by atoms with van der Waals surface area (Å²) in [4.78, 5) is 26.6. The quantitative estimate of drug-likeness (QED) is 0.605.